The van der Waals surface area contributed by atoms with E-state index in [1.165, 1.54) is 24.3 Å². The molecule has 88 valence electrons. The van der Waals surface area contributed by atoms with E-state index in [9.17, 15) is 14.9 Å². The third-order valence-corrected chi connectivity index (χ3v) is 3.21. The number of rotatable bonds is 2. The van der Waals surface area contributed by atoms with Crippen LogP contribution in [0.25, 0.3) is 0 Å². The van der Waals surface area contributed by atoms with Crippen molar-refractivity contribution in [1.82, 2.24) is 4.90 Å². The number of nitro benzene ring substituents is 1. The second kappa shape index (κ2) is 3.53. The highest BCUT2D eigenvalue weighted by atomic mass is 16.6. The average molecular weight is 234 g/mol. The van der Waals surface area contributed by atoms with Crippen molar-refractivity contribution in [3.05, 3.63) is 39.9 Å². The number of morpholine rings is 1. The molecular weight excluding hydrogens is 224 g/mol. The predicted molar refractivity (Wildman–Crippen MR) is 57.7 cm³/mol. The Morgan fingerprint density at radius 1 is 1.29 bits per heavy atom. The Morgan fingerprint density at radius 3 is 2.41 bits per heavy atom. The minimum Gasteiger partial charge on any atom is -0.377 e. The fourth-order valence-electron chi connectivity index (χ4n) is 2.20. The Morgan fingerprint density at radius 2 is 1.88 bits per heavy atom. The van der Waals surface area contributed by atoms with Crippen LogP contribution in [0.1, 0.15) is 10.4 Å². The molecule has 6 heteroatoms. The van der Waals surface area contributed by atoms with Crippen LogP contribution in [-0.2, 0) is 4.74 Å². The van der Waals surface area contributed by atoms with Crippen molar-refractivity contribution >= 4 is 11.6 Å². The molecule has 2 heterocycles. The Kier molecular flexibility index (Phi) is 2.12. The number of hydrogen-bond donors (Lipinski definition) is 0. The fourth-order valence-corrected chi connectivity index (χ4v) is 2.20. The van der Waals surface area contributed by atoms with Crippen LogP contribution < -0.4 is 0 Å². The number of fused-ring (bicyclic) bond motifs is 1. The summed E-state index contributed by atoms with van der Waals surface area (Å²) in [4.78, 5) is 23.8. The van der Waals surface area contributed by atoms with Crippen molar-refractivity contribution in [2.75, 3.05) is 13.2 Å². The molecule has 1 aromatic rings. The first-order chi connectivity index (χ1) is 8.18. The number of nitrogens with zero attached hydrogens (tertiary/aromatic N) is 2. The Bertz CT molecular complexity index is 475. The number of nitro groups is 1. The van der Waals surface area contributed by atoms with Gasteiger partial charge in [0.15, 0.2) is 0 Å². The molecule has 0 saturated carbocycles. The normalized spacial score (nSPS) is 25.5. The van der Waals surface area contributed by atoms with E-state index in [1.807, 2.05) is 0 Å². The number of amides is 1. The minimum atomic E-state index is -0.478. The number of hydrogen-bond acceptors (Lipinski definition) is 4. The quantitative estimate of drug-likeness (QED) is 0.431. The van der Waals surface area contributed by atoms with E-state index in [0.29, 0.717) is 18.8 Å². The van der Waals surface area contributed by atoms with Crippen LogP contribution in [0.2, 0.25) is 0 Å². The smallest absolute Gasteiger partial charge is 0.269 e. The Balaban J connectivity index is 1.76. The number of ether oxygens (including phenoxy) is 1. The topological polar surface area (TPSA) is 72.4 Å². The van der Waals surface area contributed by atoms with Gasteiger partial charge in [0.25, 0.3) is 11.6 Å². The molecule has 3 rings (SSSR count). The first kappa shape index (κ1) is 10.2. The highest BCUT2D eigenvalue weighted by Crippen LogP contribution is 2.35. The third kappa shape index (κ3) is 1.57. The van der Waals surface area contributed by atoms with Crippen molar-refractivity contribution in [3.8, 4) is 0 Å². The largest absolute Gasteiger partial charge is 0.377 e. The maximum absolute atomic E-state index is 12.0. The summed E-state index contributed by atoms with van der Waals surface area (Å²) in [6, 6.07) is 6.10. The molecule has 2 unspecified atom stereocenters. The lowest BCUT2D eigenvalue weighted by Gasteiger charge is -2.07. The Labute approximate surface area is 96.9 Å². The SMILES string of the molecule is O=C(c1ccc([N+](=O)[O-])cc1)N1C2COCC21. The number of carbonyl (C=O) groups excluding carboxylic acids is 1. The van der Waals surface area contributed by atoms with Crippen LogP contribution in [0.4, 0.5) is 5.69 Å². The lowest BCUT2D eigenvalue weighted by atomic mass is 10.2. The predicted octanol–water partition coefficient (Wildman–Crippen LogP) is 0.818. The van der Waals surface area contributed by atoms with E-state index in [4.69, 9.17) is 4.74 Å². The molecule has 1 amide bonds. The molecule has 2 aliphatic rings. The maximum atomic E-state index is 12.0. The van der Waals surface area contributed by atoms with Gasteiger partial charge in [0.05, 0.1) is 30.2 Å². The molecule has 17 heavy (non-hydrogen) atoms. The number of carbonyl (C=O) groups is 1. The highest BCUT2D eigenvalue weighted by Gasteiger charge is 2.54. The van der Waals surface area contributed by atoms with E-state index in [2.05, 4.69) is 0 Å². The lowest BCUT2D eigenvalue weighted by Crippen LogP contribution is -2.20. The molecule has 6 nitrogen and oxygen atoms in total. The van der Waals surface area contributed by atoms with Gasteiger partial charge >= 0.3 is 0 Å². The van der Waals surface area contributed by atoms with Gasteiger partial charge in [0, 0.05) is 17.7 Å². The van der Waals surface area contributed by atoms with Gasteiger partial charge in [-0.1, -0.05) is 0 Å². The Hall–Kier alpha value is -1.95. The third-order valence-electron chi connectivity index (χ3n) is 3.21. The van der Waals surface area contributed by atoms with Gasteiger partial charge < -0.3 is 9.64 Å². The zero-order chi connectivity index (χ0) is 12.0. The second-order valence-electron chi connectivity index (χ2n) is 4.19. The highest BCUT2D eigenvalue weighted by molar-refractivity contribution is 5.96. The van der Waals surface area contributed by atoms with E-state index < -0.39 is 4.92 Å². The molecule has 2 aliphatic heterocycles. The zero-order valence-electron chi connectivity index (χ0n) is 8.91. The summed E-state index contributed by atoms with van der Waals surface area (Å²) in [7, 11) is 0. The van der Waals surface area contributed by atoms with Crippen LogP contribution >= 0.6 is 0 Å². The van der Waals surface area contributed by atoms with Gasteiger partial charge in [-0.15, -0.1) is 0 Å². The van der Waals surface area contributed by atoms with Crippen LogP contribution in [0, 0.1) is 10.1 Å². The van der Waals surface area contributed by atoms with Gasteiger partial charge in [-0.05, 0) is 12.1 Å². The minimum absolute atomic E-state index is 0.00382. The second-order valence-corrected chi connectivity index (χ2v) is 4.19. The summed E-state index contributed by atoms with van der Waals surface area (Å²) in [6.07, 6.45) is 0. The monoisotopic (exact) mass is 234 g/mol. The van der Waals surface area contributed by atoms with Crippen LogP contribution in [0.3, 0.4) is 0 Å². The van der Waals surface area contributed by atoms with Gasteiger partial charge in [-0.2, -0.15) is 0 Å². The molecule has 0 bridgehead atoms. The van der Waals surface area contributed by atoms with E-state index in [1.54, 1.807) is 4.90 Å². The average Bonchev–Trinajstić information content (AvgIpc) is 2.81. The molecule has 2 saturated heterocycles. The molecule has 2 atom stereocenters. The van der Waals surface area contributed by atoms with Gasteiger partial charge in [0.2, 0.25) is 0 Å². The van der Waals surface area contributed by atoms with Crippen LogP contribution in [0.5, 0.6) is 0 Å². The summed E-state index contributed by atoms with van der Waals surface area (Å²) < 4.78 is 5.19. The van der Waals surface area contributed by atoms with Crippen molar-refractivity contribution in [2.45, 2.75) is 12.1 Å². The molecule has 0 aliphatic carbocycles. The molecule has 0 spiro atoms. The van der Waals surface area contributed by atoms with E-state index >= 15 is 0 Å². The summed E-state index contributed by atoms with van der Waals surface area (Å²) in [6.45, 7) is 1.20. The molecule has 0 radical (unpaired) electrons. The summed E-state index contributed by atoms with van der Waals surface area (Å²) in [5.74, 6) is -0.0711. The molecule has 0 N–H and O–H groups in total. The zero-order valence-corrected chi connectivity index (χ0v) is 8.91. The summed E-state index contributed by atoms with van der Waals surface area (Å²) in [5.41, 5.74) is 0.487. The van der Waals surface area contributed by atoms with Crippen molar-refractivity contribution < 1.29 is 14.5 Å². The van der Waals surface area contributed by atoms with Crippen molar-refractivity contribution in [2.24, 2.45) is 0 Å². The molecular formula is C11H10N2O4. The first-order valence-corrected chi connectivity index (χ1v) is 5.33. The molecule has 0 aromatic heterocycles. The summed E-state index contributed by atoms with van der Waals surface area (Å²) >= 11 is 0. The van der Waals surface area contributed by atoms with Crippen molar-refractivity contribution in [1.29, 1.82) is 0 Å². The summed E-state index contributed by atoms with van der Waals surface area (Å²) in [5, 5.41) is 10.5. The number of benzene rings is 1. The number of non-ortho nitro benzene ring substituents is 1. The standard InChI is InChI=1S/C11H10N2O4/c14-11(12-9-5-17-6-10(9)12)7-1-3-8(4-2-7)13(15)16/h1-4,9-10H,5-6H2. The van der Waals surface area contributed by atoms with Gasteiger partial charge in [-0.25, -0.2) is 0 Å². The van der Waals surface area contributed by atoms with Gasteiger partial charge in [0.1, 0.15) is 0 Å². The first-order valence-electron chi connectivity index (χ1n) is 5.33. The maximum Gasteiger partial charge on any atom is 0.269 e. The fraction of sp³-hybridized carbons (Fsp3) is 0.364. The molecule has 1 aromatic carbocycles. The van der Waals surface area contributed by atoms with Crippen LogP contribution in [-0.4, -0.2) is 41.0 Å². The van der Waals surface area contributed by atoms with E-state index in [-0.39, 0.29) is 23.7 Å². The van der Waals surface area contributed by atoms with Crippen molar-refractivity contribution in [3.63, 3.8) is 0 Å². The molecule has 2 fully saturated rings. The lowest BCUT2D eigenvalue weighted by molar-refractivity contribution is -0.384. The van der Waals surface area contributed by atoms with E-state index in [0.717, 1.165) is 0 Å². The van der Waals surface area contributed by atoms with Crippen LogP contribution in [0.15, 0.2) is 24.3 Å². The van der Waals surface area contributed by atoms with Gasteiger partial charge in [-0.3, -0.25) is 14.9 Å².